The molecule has 0 radical (unpaired) electrons. The Morgan fingerprint density at radius 2 is 1.49 bits per heavy atom. The van der Waals surface area contributed by atoms with Crippen LogP contribution in [0.5, 0.6) is 0 Å². The van der Waals surface area contributed by atoms with E-state index < -0.39 is 0 Å². The zero-order valence-corrected chi connectivity index (χ0v) is 22.4. The van der Waals surface area contributed by atoms with E-state index in [1.165, 1.54) is 0 Å². The molecule has 0 aliphatic carbocycles. The zero-order chi connectivity index (χ0) is 25.8. The number of aromatic amines is 2. The minimum Gasteiger partial charge on any atom is -0.348 e. The van der Waals surface area contributed by atoms with Gasteiger partial charge in [-0.3, -0.25) is 14.5 Å². The number of piperidine rings is 2. The molecule has 1 spiro atoms. The predicted octanol–water partition coefficient (Wildman–Crippen LogP) is 2.10. The number of hydrogen-bond donors (Lipinski definition) is 2. The van der Waals surface area contributed by atoms with Gasteiger partial charge in [-0.25, -0.2) is 9.97 Å². The van der Waals surface area contributed by atoms with E-state index in [-0.39, 0.29) is 17.2 Å². The summed E-state index contributed by atoms with van der Waals surface area (Å²) in [7, 11) is 0. The Labute approximate surface area is 219 Å². The standard InChI is InChI=1S/C27H42N8O2/c1-21(2)17-32-14-5-27(6-15-32)7-16-34(20-27)26(37)25(36)33-12-3-22(4-13-33)35(18-23-28-8-9-29-23)19-24-30-10-11-31-24/h8-11,21-22H,3-7,12-20H2,1-2H3,(H,28,29)(H,30,31). The molecule has 0 saturated carbocycles. The average molecular weight is 511 g/mol. The first-order chi connectivity index (χ1) is 17.9. The van der Waals surface area contributed by atoms with Crippen molar-refractivity contribution in [3.8, 4) is 0 Å². The molecule has 2 aromatic heterocycles. The average Bonchev–Trinajstić information content (AvgIpc) is 3.68. The Morgan fingerprint density at radius 3 is 2.03 bits per heavy atom. The maximum absolute atomic E-state index is 13.2. The molecule has 5 heterocycles. The van der Waals surface area contributed by atoms with E-state index in [9.17, 15) is 9.59 Å². The molecule has 2 amide bonds. The predicted molar refractivity (Wildman–Crippen MR) is 140 cm³/mol. The van der Waals surface area contributed by atoms with Crippen molar-refractivity contribution < 1.29 is 9.59 Å². The lowest BCUT2D eigenvalue weighted by molar-refractivity contribution is -0.152. The van der Waals surface area contributed by atoms with Gasteiger partial charge in [-0.1, -0.05) is 13.8 Å². The summed E-state index contributed by atoms with van der Waals surface area (Å²) in [5.74, 6) is 1.88. The van der Waals surface area contributed by atoms with Crippen LogP contribution in [0.2, 0.25) is 0 Å². The van der Waals surface area contributed by atoms with Crippen LogP contribution in [0.1, 0.15) is 57.6 Å². The van der Waals surface area contributed by atoms with Gasteiger partial charge in [0.15, 0.2) is 0 Å². The quantitative estimate of drug-likeness (QED) is 0.553. The Balaban J connectivity index is 1.12. The summed E-state index contributed by atoms with van der Waals surface area (Å²) >= 11 is 0. The van der Waals surface area contributed by atoms with E-state index in [1.54, 1.807) is 17.3 Å². The van der Waals surface area contributed by atoms with E-state index in [1.807, 2.05) is 17.3 Å². The van der Waals surface area contributed by atoms with Gasteiger partial charge in [-0.15, -0.1) is 0 Å². The minimum atomic E-state index is -0.323. The fourth-order valence-electron chi connectivity index (χ4n) is 6.42. The minimum absolute atomic E-state index is 0.203. The van der Waals surface area contributed by atoms with Gasteiger partial charge in [0.25, 0.3) is 0 Å². The van der Waals surface area contributed by atoms with Gasteiger partial charge in [0.2, 0.25) is 0 Å². The van der Waals surface area contributed by atoms with E-state index in [0.717, 1.165) is 69.9 Å². The molecular formula is C27H42N8O2. The number of carbonyl (C=O) groups is 2. The number of likely N-dealkylation sites (tertiary alicyclic amines) is 3. The highest BCUT2D eigenvalue weighted by Crippen LogP contribution is 2.40. The van der Waals surface area contributed by atoms with E-state index in [4.69, 9.17) is 0 Å². The maximum atomic E-state index is 13.2. The third-order valence-corrected chi connectivity index (χ3v) is 8.53. The van der Waals surface area contributed by atoms with Crippen LogP contribution in [0.25, 0.3) is 0 Å². The third kappa shape index (κ3) is 6.23. The van der Waals surface area contributed by atoms with Crippen molar-refractivity contribution in [2.75, 3.05) is 45.8 Å². The van der Waals surface area contributed by atoms with Crippen LogP contribution in [0.15, 0.2) is 24.8 Å². The largest absolute Gasteiger partial charge is 0.348 e. The molecule has 3 aliphatic rings. The van der Waals surface area contributed by atoms with E-state index >= 15 is 0 Å². The summed E-state index contributed by atoms with van der Waals surface area (Å²) in [6.45, 7) is 11.9. The van der Waals surface area contributed by atoms with Crippen LogP contribution in [0.3, 0.4) is 0 Å². The molecule has 2 N–H and O–H groups in total. The maximum Gasteiger partial charge on any atom is 0.312 e. The second-order valence-corrected chi connectivity index (χ2v) is 11.7. The molecule has 3 fully saturated rings. The van der Waals surface area contributed by atoms with Crippen molar-refractivity contribution >= 4 is 11.8 Å². The van der Waals surface area contributed by atoms with Gasteiger partial charge < -0.3 is 24.7 Å². The van der Waals surface area contributed by atoms with Crippen LogP contribution in [0, 0.1) is 11.3 Å². The van der Waals surface area contributed by atoms with Crippen molar-refractivity contribution in [3.63, 3.8) is 0 Å². The first-order valence-corrected chi connectivity index (χ1v) is 13.9. The molecule has 0 aromatic carbocycles. The number of rotatable bonds is 7. The molecule has 10 nitrogen and oxygen atoms in total. The van der Waals surface area contributed by atoms with Crippen molar-refractivity contribution in [2.24, 2.45) is 11.3 Å². The summed E-state index contributed by atoms with van der Waals surface area (Å²) < 4.78 is 0. The van der Waals surface area contributed by atoms with Gasteiger partial charge in [-0.05, 0) is 56.5 Å². The molecule has 202 valence electrons. The second kappa shape index (κ2) is 11.3. The summed E-state index contributed by atoms with van der Waals surface area (Å²) in [5, 5.41) is 0. The zero-order valence-electron chi connectivity index (χ0n) is 22.4. The number of hydrogen-bond acceptors (Lipinski definition) is 6. The number of H-pyrrole nitrogens is 2. The van der Waals surface area contributed by atoms with Gasteiger partial charge in [0.05, 0.1) is 13.1 Å². The third-order valence-electron chi connectivity index (χ3n) is 8.53. The number of imidazole rings is 2. The molecule has 0 unspecified atom stereocenters. The summed E-state index contributed by atoms with van der Waals surface area (Å²) in [6, 6.07) is 0.292. The highest BCUT2D eigenvalue weighted by molar-refractivity contribution is 6.35. The molecule has 2 aromatic rings. The molecular weight excluding hydrogens is 468 g/mol. The van der Waals surface area contributed by atoms with Crippen molar-refractivity contribution in [3.05, 3.63) is 36.4 Å². The number of amides is 2. The monoisotopic (exact) mass is 510 g/mol. The number of carbonyl (C=O) groups excluding carboxylic acids is 2. The normalized spacial score (nSPS) is 21.0. The van der Waals surface area contributed by atoms with Gasteiger partial charge in [0, 0.05) is 63.6 Å². The van der Waals surface area contributed by atoms with Crippen LogP contribution >= 0.6 is 0 Å². The summed E-state index contributed by atoms with van der Waals surface area (Å²) in [5.41, 5.74) is 0.203. The lowest BCUT2D eigenvalue weighted by Gasteiger charge is -2.40. The van der Waals surface area contributed by atoms with Crippen molar-refractivity contribution in [1.82, 2.24) is 39.5 Å². The van der Waals surface area contributed by atoms with Crippen LogP contribution in [-0.2, 0) is 22.7 Å². The van der Waals surface area contributed by atoms with Gasteiger partial charge >= 0.3 is 11.8 Å². The Morgan fingerprint density at radius 1 is 0.919 bits per heavy atom. The van der Waals surface area contributed by atoms with E-state index in [2.05, 4.69) is 43.6 Å². The smallest absolute Gasteiger partial charge is 0.312 e. The molecule has 0 bridgehead atoms. The molecule has 0 atom stereocenters. The fraction of sp³-hybridized carbons (Fsp3) is 0.704. The number of nitrogens with one attached hydrogen (secondary N) is 2. The Bertz CT molecular complexity index is 969. The lowest BCUT2D eigenvalue weighted by atomic mass is 9.77. The van der Waals surface area contributed by atoms with Crippen LogP contribution in [0.4, 0.5) is 0 Å². The highest BCUT2D eigenvalue weighted by atomic mass is 16.2. The van der Waals surface area contributed by atoms with Crippen molar-refractivity contribution in [1.29, 1.82) is 0 Å². The lowest BCUT2D eigenvalue weighted by Crippen LogP contribution is -2.51. The Hall–Kier alpha value is -2.72. The molecule has 10 heteroatoms. The van der Waals surface area contributed by atoms with E-state index in [0.29, 0.717) is 44.7 Å². The number of nitrogens with zero attached hydrogens (tertiary/aromatic N) is 6. The highest BCUT2D eigenvalue weighted by Gasteiger charge is 2.44. The number of aromatic nitrogens is 4. The van der Waals surface area contributed by atoms with Crippen LogP contribution < -0.4 is 0 Å². The molecule has 37 heavy (non-hydrogen) atoms. The van der Waals surface area contributed by atoms with Gasteiger partial charge in [-0.2, -0.15) is 0 Å². The SMILES string of the molecule is CC(C)CN1CCC2(CC1)CCN(C(=O)C(=O)N1CCC(N(Cc3ncc[nH]3)Cc3ncc[nH]3)CC1)C2. The Kier molecular flexibility index (Phi) is 7.95. The van der Waals surface area contributed by atoms with Crippen molar-refractivity contribution in [2.45, 2.75) is 65.1 Å². The summed E-state index contributed by atoms with van der Waals surface area (Å²) in [6.07, 6.45) is 12.2. The molecule has 3 aliphatic heterocycles. The topological polar surface area (TPSA) is 104 Å². The molecule has 3 saturated heterocycles. The summed E-state index contributed by atoms with van der Waals surface area (Å²) in [4.78, 5) is 50.1. The molecule has 5 rings (SSSR count). The van der Waals surface area contributed by atoms with Crippen LogP contribution in [-0.4, -0.2) is 103 Å². The fourth-order valence-corrected chi connectivity index (χ4v) is 6.42. The first-order valence-electron chi connectivity index (χ1n) is 13.9. The first kappa shape index (κ1) is 25.9. The van der Waals surface area contributed by atoms with Gasteiger partial charge in [0.1, 0.15) is 11.6 Å². The second-order valence-electron chi connectivity index (χ2n) is 11.7.